The first-order valence-electron chi connectivity index (χ1n) is 0.204. The van der Waals surface area contributed by atoms with Gasteiger partial charge in [0.25, 0.3) is 0 Å². The molecule has 4 heavy (non-hydrogen) atoms. The molecule has 0 aliphatic rings. The van der Waals surface area contributed by atoms with Gasteiger partial charge in [-0.05, 0) is 0 Å². The Hall–Kier alpha value is 0.616. The summed E-state index contributed by atoms with van der Waals surface area (Å²) in [6, 6.07) is 0. The molecular weight excluding hydrogens is 177 g/mol. The Morgan fingerprint density at radius 3 is 1.25 bits per heavy atom. The molecule has 0 aromatic carbocycles. The minimum absolute atomic E-state index is 0. The zero-order chi connectivity index (χ0) is 2.00. The van der Waals surface area contributed by atoms with Gasteiger partial charge in [-0.1, -0.05) is 5.59 Å². The molecular formula is HNOSiSn. The molecule has 0 heterocycles. The first-order chi connectivity index (χ1) is 1.00. The standard InChI is InChI=1S/HNO.Si.Sn/c1-2;;/h1H;;. The van der Waals surface area contributed by atoms with Gasteiger partial charge in [0.2, 0.25) is 0 Å². The Labute approximate surface area is 45.7 Å². The van der Waals surface area contributed by atoms with E-state index in [1.54, 1.807) is 0 Å². The van der Waals surface area contributed by atoms with E-state index >= 15 is 0 Å². The predicted molar refractivity (Wildman–Crippen MR) is 17.6 cm³/mol. The SMILES string of the molecule is N=O.[Si].[Sn]. The van der Waals surface area contributed by atoms with Crippen molar-refractivity contribution < 1.29 is 0 Å². The molecule has 8 radical (unpaired) electrons. The van der Waals surface area contributed by atoms with Gasteiger partial charge in [-0.25, -0.2) is 0 Å². The number of nitrogens with one attached hydrogen (secondary N) is 1. The quantitative estimate of drug-likeness (QED) is 0.396. The molecule has 2 nitrogen and oxygen atoms in total. The van der Waals surface area contributed by atoms with Crippen molar-refractivity contribution >= 4 is 34.9 Å². The summed E-state index contributed by atoms with van der Waals surface area (Å²) in [7, 11) is 0. The van der Waals surface area contributed by atoms with Crippen LogP contribution < -0.4 is 0 Å². The van der Waals surface area contributed by atoms with Gasteiger partial charge in [-0.15, -0.1) is 0 Å². The van der Waals surface area contributed by atoms with Crippen LogP contribution in [0.1, 0.15) is 0 Å². The molecule has 0 saturated heterocycles. The first kappa shape index (κ1) is 23.1. The molecule has 1 N–H and O–H groups in total. The van der Waals surface area contributed by atoms with Crippen LogP contribution in [0, 0.1) is 10.5 Å². The van der Waals surface area contributed by atoms with Crippen molar-refractivity contribution in [1.29, 1.82) is 5.59 Å². The van der Waals surface area contributed by atoms with E-state index in [4.69, 9.17) is 4.91 Å². The monoisotopic (exact) mass is 179 g/mol. The van der Waals surface area contributed by atoms with Gasteiger partial charge in [0.1, 0.15) is 0 Å². The van der Waals surface area contributed by atoms with Gasteiger partial charge >= 0.3 is 0 Å². The summed E-state index contributed by atoms with van der Waals surface area (Å²) < 4.78 is 0. The second-order valence-corrected chi connectivity index (χ2v) is 0. The molecule has 0 saturated carbocycles. The predicted octanol–water partition coefficient (Wildman–Crippen LogP) is -0.430. The Kier molecular flexibility index (Phi) is 377. The summed E-state index contributed by atoms with van der Waals surface area (Å²) in [5, 5.41) is 0. The first-order valence-corrected chi connectivity index (χ1v) is 0.204. The second-order valence-electron chi connectivity index (χ2n) is 0. The van der Waals surface area contributed by atoms with Gasteiger partial charge in [0.05, 0.1) is 0 Å². The van der Waals surface area contributed by atoms with Gasteiger partial charge < -0.3 is 0 Å². The van der Waals surface area contributed by atoms with E-state index in [1.807, 2.05) is 0 Å². The smallest absolute Gasteiger partial charge is 0 e. The third kappa shape index (κ3) is 18.0. The zero-order valence-electron chi connectivity index (χ0n) is 1.91. The normalized spacial score (nSPS) is 1.00. The van der Waals surface area contributed by atoms with Crippen LogP contribution in [0.5, 0.6) is 0 Å². The summed E-state index contributed by atoms with van der Waals surface area (Å²) >= 11 is 0. The van der Waals surface area contributed by atoms with Gasteiger partial charge in [-0.3, -0.25) is 0 Å². The molecule has 20 valence electrons. The van der Waals surface area contributed by atoms with Gasteiger partial charge in [-0.2, -0.15) is 4.91 Å². The van der Waals surface area contributed by atoms with E-state index in [0.29, 0.717) is 0 Å². The topological polar surface area (TPSA) is 40.9 Å². The molecule has 0 aromatic heterocycles. The molecule has 0 fully saturated rings. The Morgan fingerprint density at radius 1 is 1.25 bits per heavy atom. The molecule has 0 atom stereocenters. The van der Waals surface area contributed by atoms with Crippen LogP contribution in [0.4, 0.5) is 0 Å². The minimum Gasteiger partial charge on any atom is -0.154 e. The van der Waals surface area contributed by atoms with Crippen molar-refractivity contribution in [3.63, 3.8) is 0 Å². The van der Waals surface area contributed by atoms with Gasteiger partial charge in [0, 0.05) is 34.9 Å². The van der Waals surface area contributed by atoms with Crippen LogP contribution in [-0.4, -0.2) is 34.9 Å². The van der Waals surface area contributed by atoms with Crippen LogP contribution in [0.25, 0.3) is 0 Å². The van der Waals surface area contributed by atoms with Crippen LogP contribution >= 0.6 is 0 Å². The third-order valence-electron chi connectivity index (χ3n) is 0. The van der Waals surface area contributed by atoms with E-state index in [1.165, 1.54) is 0 Å². The van der Waals surface area contributed by atoms with E-state index in [2.05, 4.69) is 5.59 Å². The van der Waals surface area contributed by atoms with Crippen molar-refractivity contribution in [1.82, 2.24) is 0 Å². The zero-order valence-corrected chi connectivity index (χ0v) is 5.76. The van der Waals surface area contributed by atoms with E-state index in [9.17, 15) is 0 Å². The number of rotatable bonds is 0. The number of hydrogen-bond acceptors (Lipinski definition) is 2. The number of nitroso groups, excluding NO2 is 1. The van der Waals surface area contributed by atoms with Crippen LogP contribution in [0.15, 0.2) is 0 Å². The van der Waals surface area contributed by atoms with Crippen molar-refractivity contribution in [2.24, 2.45) is 0 Å². The summed E-state index contributed by atoms with van der Waals surface area (Å²) in [5.41, 5.74) is 4.50. The van der Waals surface area contributed by atoms with Crippen LogP contribution in [0.3, 0.4) is 0 Å². The maximum Gasteiger partial charge on any atom is 0 e. The van der Waals surface area contributed by atoms with Crippen molar-refractivity contribution in [3.05, 3.63) is 4.91 Å². The maximum absolute atomic E-state index is 7.50. The Balaban J connectivity index is -0.00000000500. The Morgan fingerprint density at radius 2 is 1.25 bits per heavy atom. The van der Waals surface area contributed by atoms with E-state index < -0.39 is 0 Å². The molecule has 0 spiro atoms. The summed E-state index contributed by atoms with van der Waals surface area (Å²) in [6.07, 6.45) is 0. The molecule has 0 aromatic rings. The molecule has 0 rings (SSSR count). The summed E-state index contributed by atoms with van der Waals surface area (Å²) in [5.74, 6) is 0. The van der Waals surface area contributed by atoms with E-state index in [-0.39, 0.29) is 34.9 Å². The fourth-order valence-corrected chi connectivity index (χ4v) is 0. The van der Waals surface area contributed by atoms with Gasteiger partial charge in [0.15, 0.2) is 0 Å². The maximum atomic E-state index is 7.50. The average molecular weight is 178 g/mol. The average Bonchev–Trinajstić information content (AvgIpc) is 1.00. The molecule has 0 bridgehead atoms. The molecule has 0 aliphatic carbocycles. The molecule has 0 amide bonds. The largest absolute Gasteiger partial charge is 0.154 e. The fraction of sp³-hybridized carbons (Fsp3) is 0. The summed E-state index contributed by atoms with van der Waals surface area (Å²) in [6.45, 7) is 0. The van der Waals surface area contributed by atoms with E-state index in [0.717, 1.165) is 0 Å². The number of hydrogen-bond donors (Lipinski definition) is 1. The van der Waals surface area contributed by atoms with Crippen molar-refractivity contribution in [3.8, 4) is 0 Å². The third-order valence-corrected chi connectivity index (χ3v) is 0. The van der Waals surface area contributed by atoms with Crippen LogP contribution in [0.2, 0.25) is 0 Å². The van der Waals surface area contributed by atoms with Crippen molar-refractivity contribution in [2.45, 2.75) is 0 Å². The molecule has 0 unspecified atom stereocenters. The fourth-order valence-electron chi connectivity index (χ4n) is 0. The van der Waals surface area contributed by atoms with Crippen molar-refractivity contribution in [2.75, 3.05) is 0 Å². The molecule has 4 heteroatoms. The Bertz CT molecular complexity index is 8.00. The van der Waals surface area contributed by atoms with Crippen LogP contribution in [-0.2, 0) is 0 Å². The summed E-state index contributed by atoms with van der Waals surface area (Å²) in [4.78, 5) is 7.50. The second kappa shape index (κ2) is 65.3. The minimum atomic E-state index is 0. The molecule has 0 aliphatic heterocycles.